The number of halogens is 1. The largest absolute Gasteiger partial charge is 0.378 e. The van der Waals surface area contributed by atoms with Crippen molar-refractivity contribution in [1.82, 2.24) is 0 Å². The quantitative estimate of drug-likeness (QED) is 0.772. The van der Waals surface area contributed by atoms with Gasteiger partial charge >= 0.3 is 0 Å². The lowest BCUT2D eigenvalue weighted by Crippen LogP contribution is -2.39. The fourth-order valence-electron chi connectivity index (χ4n) is 3.27. The highest BCUT2D eigenvalue weighted by atomic mass is 19.1. The van der Waals surface area contributed by atoms with Gasteiger partial charge in [0, 0.05) is 13.5 Å². The fraction of sp³-hybridized carbons (Fsp3) is 0.647. The van der Waals surface area contributed by atoms with E-state index in [-0.39, 0.29) is 11.4 Å². The van der Waals surface area contributed by atoms with Gasteiger partial charge in [-0.15, -0.1) is 0 Å². The predicted octanol–water partition coefficient (Wildman–Crippen LogP) is 4.60. The second-order valence-electron chi connectivity index (χ2n) is 6.24. The summed E-state index contributed by atoms with van der Waals surface area (Å²) in [6.07, 6.45) is 5.17. The van der Waals surface area contributed by atoms with Crippen LogP contribution in [-0.4, -0.2) is 12.7 Å². The first-order valence-electron chi connectivity index (χ1n) is 7.35. The molecule has 0 heterocycles. The van der Waals surface area contributed by atoms with Gasteiger partial charge in [-0.05, 0) is 49.1 Å². The summed E-state index contributed by atoms with van der Waals surface area (Å²) in [5.74, 6) is 1.43. The number of hydrogen-bond acceptors (Lipinski definition) is 1. The molecule has 1 aliphatic rings. The Kier molecular flexibility index (Phi) is 4.62. The summed E-state index contributed by atoms with van der Waals surface area (Å²) in [7, 11) is 1.77. The van der Waals surface area contributed by atoms with Gasteiger partial charge in [-0.3, -0.25) is 0 Å². The highest BCUT2D eigenvalue weighted by Gasteiger charge is 2.36. The molecule has 1 aromatic rings. The van der Waals surface area contributed by atoms with Crippen LogP contribution >= 0.6 is 0 Å². The van der Waals surface area contributed by atoms with E-state index in [1.807, 2.05) is 12.1 Å². The normalized spacial score (nSPS) is 27.7. The highest BCUT2D eigenvalue weighted by molar-refractivity contribution is 5.20. The lowest BCUT2D eigenvalue weighted by Gasteiger charge is -2.40. The van der Waals surface area contributed by atoms with Gasteiger partial charge in [0.05, 0.1) is 5.60 Å². The van der Waals surface area contributed by atoms with Crippen LogP contribution in [0.15, 0.2) is 24.3 Å². The molecule has 106 valence electrons. The zero-order valence-electron chi connectivity index (χ0n) is 12.3. The summed E-state index contributed by atoms with van der Waals surface area (Å²) in [6.45, 7) is 4.59. The third kappa shape index (κ3) is 3.36. The second kappa shape index (κ2) is 6.04. The Morgan fingerprint density at radius 1 is 1.26 bits per heavy atom. The summed E-state index contributed by atoms with van der Waals surface area (Å²) in [6, 6.07) is 7.07. The topological polar surface area (TPSA) is 9.23 Å². The van der Waals surface area contributed by atoms with Gasteiger partial charge in [0.15, 0.2) is 0 Å². The van der Waals surface area contributed by atoms with E-state index in [0.717, 1.165) is 30.2 Å². The number of benzene rings is 1. The van der Waals surface area contributed by atoms with E-state index in [9.17, 15) is 4.39 Å². The van der Waals surface area contributed by atoms with Crippen molar-refractivity contribution in [2.75, 3.05) is 7.11 Å². The van der Waals surface area contributed by atoms with Crippen LogP contribution in [0.3, 0.4) is 0 Å². The van der Waals surface area contributed by atoms with Crippen molar-refractivity contribution in [3.63, 3.8) is 0 Å². The second-order valence-corrected chi connectivity index (χ2v) is 6.24. The minimum Gasteiger partial charge on any atom is -0.378 e. The molecule has 0 radical (unpaired) electrons. The summed E-state index contributed by atoms with van der Waals surface area (Å²) >= 11 is 0. The molecule has 0 aliphatic heterocycles. The van der Waals surface area contributed by atoms with E-state index >= 15 is 0 Å². The Morgan fingerprint density at radius 3 is 2.42 bits per heavy atom. The van der Waals surface area contributed by atoms with E-state index < -0.39 is 0 Å². The first-order chi connectivity index (χ1) is 9.06. The molecule has 2 heteroatoms. The average molecular weight is 264 g/mol. The molecule has 0 unspecified atom stereocenters. The summed E-state index contributed by atoms with van der Waals surface area (Å²) in [5.41, 5.74) is 0.625. The standard InChI is InChI=1S/C17H25FO/c1-13(2)14-8-10-17(19-3,11-9-14)12-15-6-4-5-7-16(15)18/h4-7,13-14H,8-12H2,1-3H3. The van der Waals surface area contributed by atoms with E-state index in [4.69, 9.17) is 4.74 Å². The minimum absolute atomic E-state index is 0.107. The molecule has 1 aliphatic carbocycles. The number of hydrogen-bond donors (Lipinski definition) is 0. The van der Waals surface area contributed by atoms with Crippen molar-refractivity contribution in [2.45, 2.75) is 51.6 Å². The molecule has 1 fully saturated rings. The van der Waals surface area contributed by atoms with Crippen LogP contribution in [0.5, 0.6) is 0 Å². The van der Waals surface area contributed by atoms with Crippen molar-refractivity contribution in [3.8, 4) is 0 Å². The maximum absolute atomic E-state index is 13.8. The third-order valence-electron chi connectivity index (χ3n) is 4.79. The van der Waals surface area contributed by atoms with Crippen LogP contribution < -0.4 is 0 Å². The van der Waals surface area contributed by atoms with Crippen molar-refractivity contribution in [1.29, 1.82) is 0 Å². The van der Waals surface area contributed by atoms with Crippen molar-refractivity contribution >= 4 is 0 Å². The fourth-order valence-corrected chi connectivity index (χ4v) is 3.27. The molecular weight excluding hydrogens is 239 g/mol. The molecule has 0 aromatic heterocycles. The van der Waals surface area contributed by atoms with Crippen LogP contribution in [0.4, 0.5) is 4.39 Å². The third-order valence-corrected chi connectivity index (χ3v) is 4.79. The molecule has 1 saturated carbocycles. The van der Waals surface area contributed by atoms with Crippen molar-refractivity contribution in [3.05, 3.63) is 35.6 Å². The van der Waals surface area contributed by atoms with Crippen LogP contribution in [0.1, 0.15) is 45.1 Å². The Bertz CT molecular complexity index is 405. The van der Waals surface area contributed by atoms with Crippen LogP contribution in [0.25, 0.3) is 0 Å². The zero-order valence-corrected chi connectivity index (χ0v) is 12.3. The molecule has 0 bridgehead atoms. The first-order valence-corrected chi connectivity index (χ1v) is 7.35. The smallest absolute Gasteiger partial charge is 0.126 e. The van der Waals surface area contributed by atoms with Crippen LogP contribution in [0, 0.1) is 17.7 Å². The summed E-state index contributed by atoms with van der Waals surface area (Å²) in [5, 5.41) is 0. The summed E-state index contributed by atoms with van der Waals surface area (Å²) < 4.78 is 19.6. The maximum atomic E-state index is 13.8. The van der Waals surface area contributed by atoms with Gasteiger partial charge < -0.3 is 4.74 Å². The number of rotatable bonds is 4. The van der Waals surface area contributed by atoms with E-state index in [0.29, 0.717) is 6.42 Å². The zero-order chi connectivity index (χ0) is 13.9. The number of methoxy groups -OCH3 is 1. The SMILES string of the molecule is COC1(Cc2ccccc2F)CCC(C(C)C)CC1. The number of ether oxygens (including phenoxy) is 1. The van der Waals surface area contributed by atoms with Crippen LogP contribution in [0.2, 0.25) is 0 Å². The van der Waals surface area contributed by atoms with E-state index in [2.05, 4.69) is 13.8 Å². The highest BCUT2D eigenvalue weighted by Crippen LogP contribution is 2.39. The van der Waals surface area contributed by atoms with E-state index in [1.54, 1.807) is 19.2 Å². The van der Waals surface area contributed by atoms with Crippen LogP contribution in [-0.2, 0) is 11.2 Å². The van der Waals surface area contributed by atoms with Gasteiger partial charge in [-0.2, -0.15) is 0 Å². The van der Waals surface area contributed by atoms with Crippen molar-refractivity contribution in [2.24, 2.45) is 11.8 Å². The molecule has 2 rings (SSSR count). The molecule has 0 N–H and O–H groups in total. The molecule has 1 nitrogen and oxygen atoms in total. The van der Waals surface area contributed by atoms with Gasteiger partial charge in [0.25, 0.3) is 0 Å². The predicted molar refractivity (Wildman–Crippen MR) is 76.6 cm³/mol. The van der Waals surface area contributed by atoms with Gasteiger partial charge in [0.2, 0.25) is 0 Å². The van der Waals surface area contributed by atoms with Gasteiger partial charge in [0.1, 0.15) is 5.82 Å². The average Bonchev–Trinajstić information content (AvgIpc) is 2.42. The molecule has 0 spiro atoms. The Balaban J connectivity index is 2.07. The molecule has 0 atom stereocenters. The molecule has 0 amide bonds. The lowest BCUT2D eigenvalue weighted by molar-refractivity contribution is -0.0530. The molecule has 19 heavy (non-hydrogen) atoms. The first kappa shape index (κ1) is 14.5. The molecular formula is C17H25FO. The van der Waals surface area contributed by atoms with Gasteiger partial charge in [-0.25, -0.2) is 4.39 Å². The Hall–Kier alpha value is -0.890. The minimum atomic E-state index is -0.159. The van der Waals surface area contributed by atoms with E-state index in [1.165, 1.54) is 12.8 Å². The molecule has 1 aromatic carbocycles. The van der Waals surface area contributed by atoms with Crippen molar-refractivity contribution < 1.29 is 9.13 Å². The lowest BCUT2D eigenvalue weighted by atomic mass is 9.72. The van der Waals surface area contributed by atoms with Gasteiger partial charge in [-0.1, -0.05) is 32.0 Å². The Labute approximate surface area is 116 Å². The Morgan fingerprint density at radius 2 is 1.89 bits per heavy atom. The monoisotopic (exact) mass is 264 g/mol. The molecule has 0 saturated heterocycles. The summed E-state index contributed by atoms with van der Waals surface area (Å²) in [4.78, 5) is 0. The maximum Gasteiger partial charge on any atom is 0.126 e.